The number of aliphatic hydroxyl groups excluding tert-OH is 1. The second-order valence-electron chi connectivity index (χ2n) is 4.24. The topological polar surface area (TPSA) is 76.1 Å². The molecule has 0 aliphatic carbocycles. The Morgan fingerprint density at radius 1 is 1.57 bits per heavy atom. The monoisotopic (exact) mass is 309 g/mol. The van der Waals surface area contributed by atoms with Crippen LogP contribution in [-0.4, -0.2) is 61.4 Å². The number of amides is 1. The minimum atomic E-state index is -0.717. The van der Waals surface area contributed by atoms with Gasteiger partial charge in [0, 0.05) is 6.54 Å². The number of rotatable bonds is 2. The average Bonchev–Trinajstić information content (AvgIpc) is 3.00. The van der Waals surface area contributed by atoms with Crippen molar-refractivity contribution in [1.82, 2.24) is 4.90 Å². The first kappa shape index (κ1) is 15.5. The predicted octanol–water partition coefficient (Wildman–Crippen LogP) is 0.106. The molecular weight excluding hydrogens is 294 g/mol. The molecular formula is C14H15NO5S. The third-order valence-electron chi connectivity index (χ3n) is 2.97. The Labute approximate surface area is 126 Å². The van der Waals surface area contributed by atoms with Crippen LogP contribution in [0.25, 0.3) is 0 Å². The molecule has 112 valence electrons. The van der Waals surface area contributed by atoms with E-state index in [9.17, 15) is 9.59 Å². The highest BCUT2D eigenvalue weighted by atomic mass is 32.1. The van der Waals surface area contributed by atoms with Crippen molar-refractivity contribution in [1.29, 1.82) is 0 Å². The van der Waals surface area contributed by atoms with Crippen LogP contribution < -0.4 is 0 Å². The van der Waals surface area contributed by atoms with E-state index in [0.717, 1.165) is 0 Å². The second kappa shape index (κ2) is 7.22. The Hall–Kier alpha value is -1.88. The number of hydrogen-bond donors (Lipinski definition) is 1. The van der Waals surface area contributed by atoms with Crippen molar-refractivity contribution in [2.24, 2.45) is 0 Å². The summed E-state index contributed by atoms with van der Waals surface area (Å²) in [6, 6.07) is 2.66. The first-order chi connectivity index (χ1) is 10.2. The molecule has 1 aromatic heterocycles. The van der Waals surface area contributed by atoms with Gasteiger partial charge in [0.1, 0.15) is 6.61 Å². The van der Waals surface area contributed by atoms with Crippen molar-refractivity contribution in [2.75, 3.05) is 33.5 Å². The van der Waals surface area contributed by atoms with Gasteiger partial charge in [0.05, 0.1) is 30.1 Å². The van der Waals surface area contributed by atoms with Crippen LogP contribution in [0.15, 0.2) is 12.1 Å². The molecule has 1 aromatic rings. The molecule has 0 saturated carbocycles. The third-order valence-corrected chi connectivity index (χ3v) is 3.96. The van der Waals surface area contributed by atoms with Gasteiger partial charge in [-0.15, -0.1) is 11.3 Å². The predicted molar refractivity (Wildman–Crippen MR) is 75.9 cm³/mol. The average molecular weight is 309 g/mol. The number of hydrogen-bond acceptors (Lipinski definition) is 6. The molecule has 6 nitrogen and oxygen atoms in total. The summed E-state index contributed by atoms with van der Waals surface area (Å²) in [4.78, 5) is 26.9. The number of esters is 1. The number of nitrogens with zero attached hydrogens (tertiary/aromatic N) is 1. The molecule has 1 atom stereocenters. The summed E-state index contributed by atoms with van der Waals surface area (Å²) in [6.07, 6.45) is 0. The summed E-state index contributed by atoms with van der Waals surface area (Å²) < 4.78 is 9.94. The van der Waals surface area contributed by atoms with Crippen molar-refractivity contribution < 1.29 is 24.2 Å². The lowest BCUT2D eigenvalue weighted by molar-refractivity contribution is -0.151. The fraction of sp³-hybridized carbons (Fsp3) is 0.429. The van der Waals surface area contributed by atoms with Crippen LogP contribution in [0.4, 0.5) is 0 Å². The minimum Gasteiger partial charge on any atom is -0.467 e. The molecule has 1 saturated heterocycles. The maximum Gasteiger partial charge on any atom is 0.331 e. The van der Waals surface area contributed by atoms with Gasteiger partial charge in [0.25, 0.3) is 5.91 Å². The molecule has 2 heterocycles. The lowest BCUT2D eigenvalue weighted by Crippen LogP contribution is -2.52. The summed E-state index contributed by atoms with van der Waals surface area (Å²) in [5, 5.41) is 8.66. The number of methoxy groups -OCH3 is 1. The van der Waals surface area contributed by atoms with Crippen molar-refractivity contribution in [3.63, 3.8) is 0 Å². The number of carbonyl (C=O) groups is 2. The summed E-state index contributed by atoms with van der Waals surface area (Å²) in [7, 11) is 1.29. The van der Waals surface area contributed by atoms with Gasteiger partial charge in [-0.05, 0) is 12.1 Å². The van der Waals surface area contributed by atoms with Crippen LogP contribution in [0.1, 0.15) is 14.5 Å². The zero-order valence-corrected chi connectivity index (χ0v) is 12.3. The lowest BCUT2D eigenvalue weighted by atomic mass is 10.2. The second-order valence-corrected chi connectivity index (χ2v) is 5.32. The number of thiophene rings is 1. The fourth-order valence-corrected chi connectivity index (χ4v) is 2.80. The summed E-state index contributed by atoms with van der Waals surface area (Å²) >= 11 is 1.23. The Balaban J connectivity index is 2.16. The van der Waals surface area contributed by atoms with E-state index in [2.05, 4.69) is 11.8 Å². The molecule has 7 heteroatoms. The van der Waals surface area contributed by atoms with Gasteiger partial charge in [-0.3, -0.25) is 4.79 Å². The van der Waals surface area contributed by atoms with Gasteiger partial charge >= 0.3 is 5.97 Å². The number of ether oxygens (including phenoxy) is 2. The number of aliphatic hydroxyl groups is 1. The highest BCUT2D eigenvalue weighted by Gasteiger charge is 2.34. The van der Waals surface area contributed by atoms with Crippen LogP contribution in [0.2, 0.25) is 0 Å². The van der Waals surface area contributed by atoms with E-state index in [1.54, 1.807) is 12.1 Å². The number of carbonyl (C=O) groups excluding carboxylic acids is 2. The Kier molecular flexibility index (Phi) is 5.33. The van der Waals surface area contributed by atoms with E-state index in [-0.39, 0.29) is 19.1 Å². The summed E-state index contributed by atoms with van der Waals surface area (Å²) in [5.74, 6) is 4.55. The van der Waals surface area contributed by atoms with Crippen molar-refractivity contribution in [3.8, 4) is 11.8 Å². The van der Waals surface area contributed by atoms with Gasteiger partial charge < -0.3 is 19.5 Å². The summed E-state index contributed by atoms with van der Waals surface area (Å²) in [6.45, 7) is 0.645. The molecule has 1 fully saturated rings. The van der Waals surface area contributed by atoms with E-state index in [4.69, 9.17) is 14.6 Å². The van der Waals surface area contributed by atoms with E-state index in [1.807, 2.05) is 0 Å². The molecule has 0 bridgehead atoms. The normalized spacial score (nSPS) is 17.8. The fourth-order valence-electron chi connectivity index (χ4n) is 1.97. The first-order valence-electron chi connectivity index (χ1n) is 6.33. The van der Waals surface area contributed by atoms with Gasteiger partial charge in [0.2, 0.25) is 0 Å². The molecule has 21 heavy (non-hydrogen) atoms. The standard InChI is InChI=1S/C14H15NO5S/c1-19-14(18)11-9-20-8-6-15(11)13(17)12-5-4-10(21-12)3-2-7-16/h4-5,11,16H,6-9H2,1H3. The highest BCUT2D eigenvalue weighted by Crippen LogP contribution is 2.20. The molecule has 1 aliphatic rings. The molecule has 1 aliphatic heterocycles. The van der Waals surface area contributed by atoms with Crippen molar-refractivity contribution in [3.05, 3.63) is 21.9 Å². The van der Waals surface area contributed by atoms with Crippen LogP contribution in [0.3, 0.4) is 0 Å². The first-order valence-corrected chi connectivity index (χ1v) is 7.15. The van der Waals surface area contributed by atoms with Crippen molar-refractivity contribution >= 4 is 23.2 Å². The van der Waals surface area contributed by atoms with Crippen LogP contribution >= 0.6 is 11.3 Å². The minimum absolute atomic E-state index is 0.140. The largest absolute Gasteiger partial charge is 0.467 e. The van der Waals surface area contributed by atoms with Crippen LogP contribution in [0, 0.1) is 11.8 Å². The van der Waals surface area contributed by atoms with E-state index < -0.39 is 12.0 Å². The molecule has 0 radical (unpaired) electrons. The van der Waals surface area contributed by atoms with Gasteiger partial charge in [-0.1, -0.05) is 11.8 Å². The van der Waals surface area contributed by atoms with Gasteiger partial charge in [-0.2, -0.15) is 0 Å². The molecule has 1 N–H and O–H groups in total. The molecule has 1 unspecified atom stereocenters. The van der Waals surface area contributed by atoms with Crippen LogP contribution in [0.5, 0.6) is 0 Å². The highest BCUT2D eigenvalue weighted by molar-refractivity contribution is 7.14. The SMILES string of the molecule is COC(=O)C1COCCN1C(=O)c1ccc(C#CCO)s1. The zero-order valence-electron chi connectivity index (χ0n) is 11.5. The Morgan fingerprint density at radius 2 is 2.38 bits per heavy atom. The van der Waals surface area contributed by atoms with E-state index in [0.29, 0.717) is 22.9 Å². The van der Waals surface area contributed by atoms with Gasteiger partial charge in [0.15, 0.2) is 6.04 Å². The molecule has 1 amide bonds. The Bertz CT molecular complexity index is 586. The quantitative estimate of drug-likeness (QED) is 0.620. The summed E-state index contributed by atoms with van der Waals surface area (Å²) in [5.41, 5.74) is 0. The third kappa shape index (κ3) is 3.61. The maximum atomic E-state index is 12.5. The van der Waals surface area contributed by atoms with Gasteiger partial charge in [-0.25, -0.2) is 4.79 Å². The van der Waals surface area contributed by atoms with E-state index in [1.165, 1.54) is 23.3 Å². The molecule has 0 spiro atoms. The smallest absolute Gasteiger partial charge is 0.331 e. The molecule has 2 rings (SSSR count). The van der Waals surface area contributed by atoms with E-state index >= 15 is 0 Å². The zero-order chi connectivity index (χ0) is 15.2. The lowest BCUT2D eigenvalue weighted by Gasteiger charge is -2.33. The maximum absolute atomic E-state index is 12.5. The number of morpholine rings is 1. The van der Waals surface area contributed by atoms with Crippen LogP contribution in [-0.2, 0) is 14.3 Å². The molecule has 0 aromatic carbocycles. The Morgan fingerprint density at radius 3 is 3.10 bits per heavy atom. The van der Waals surface area contributed by atoms with Crippen molar-refractivity contribution in [2.45, 2.75) is 6.04 Å².